The van der Waals surface area contributed by atoms with Crippen LogP contribution < -0.4 is 15.5 Å². The Morgan fingerprint density at radius 2 is 1.87 bits per heavy atom. The lowest BCUT2D eigenvalue weighted by atomic mass is 10.0. The number of benzene rings is 2. The molecule has 0 unspecified atom stereocenters. The van der Waals surface area contributed by atoms with Crippen LogP contribution in [-0.4, -0.2) is 22.8 Å². The Morgan fingerprint density at radius 3 is 2.53 bits per heavy atom. The summed E-state index contributed by atoms with van der Waals surface area (Å²) in [6.07, 6.45) is 0.989. The van der Waals surface area contributed by atoms with Crippen molar-refractivity contribution >= 4 is 69.6 Å². The van der Waals surface area contributed by atoms with E-state index in [1.54, 1.807) is 42.5 Å². The van der Waals surface area contributed by atoms with Crippen molar-refractivity contribution in [1.82, 2.24) is 5.32 Å². The summed E-state index contributed by atoms with van der Waals surface area (Å²) >= 11 is 17.1. The van der Waals surface area contributed by atoms with E-state index in [9.17, 15) is 19.6 Å². The first-order valence-electron chi connectivity index (χ1n) is 8.44. The number of thiocarbonyl (C=S) groups is 1. The molecule has 150 valence electrons. The Balaban J connectivity index is 1.90. The molecule has 7 nitrogen and oxygen atoms in total. The van der Waals surface area contributed by atoms with Gasteiger partial charge >= 0.3 is 0 Å². The van der Waals surface area contributed by atoms with Gasteiger partial charge in [-0.25, -0.2) is 0 Å². The van der Waals surface area contributed by atoms with Gasteiger partial charge in [0.15, 0.2) is 5.11 Å². The molecule has 1 fully saturated rings. The van der Waals surface area contributed by atoms with Crippen LogP contribution in [0.4, 0.5) is 11.4 Å². The maximum Gasteiger partial charge on any atom is 0.266 e. The molecule has 0 saturated carbocycles. The fourth-order valence-electron chi connectivity index (χ4n) is 2.68. The highest BCUT2D eigenvalue weighted by atomic mass is 35.5. The molecule has 3 rings (SSSR count). The smallest absolute Gasteiger partial charge is 0.266 e. The lowest BCUT2D eigenvalue weighted by Gasteiger charge is -2.31. The van der Waals surface area contributed by atoms with Crippen LogP contribution in [0.5, 0.6) is 0 Å². The lowest BCUT2D eigenvalue weighted by molar-refractivity contribution is -0.131. The summed E-state index contributed by atoms with van der Waals surface area (Å²) in [7, 11) is 0. The molecule has 0 aromatic heterocycles. The number of nitrogens with one attached hydrogen (secondary N) is 2. The predicted molar refractivity (Wildman–Crippen MR) is 117 cm³/mol. The zero-order chi connectivity index (χ0) is 21.8. The van der Waals surface area contributed by atoms with Crippen molar-refractivity contribution in [2.24, 2.45) is 5.92 Å². The third-order valence-corrected chi connectivity index (χ3v) is 5.22. The van der Waals surface area contributed by atoms with Gasteiger partial charge in [0.25, 0.3) is 5.91 Å². The van der Waals surface area contributed by atoms with Gasteiger partial charge in [-0.2, -0.15) is 5.26 Å². The van der Waals surface area contributed by atoms with Crippen LogP contribution in [0.25, 0.3) is 0 Å². The summed E-state index contributed by atoms with van der Waals surface area (Å²) in [6.45, 7) is 0. The van der Waals surface area contributed by atoms with Gasteiger partial charge in [0.1, 0.15) is 17.6 Å². The summed E-state index contributed by atoms with van der Waals surface area (Å²) in [4.78, 5) is 38.9. The SMILES string of the molecule is N#C/C(=C/[C@H]1C(=O)NC(=S)N(c2ccccc2)C1=O)C(=O)Nc1cccc(Cl)c1Cl. The van der Waals surface area contributed by atoms with Crippen LogP contribution in [0, 0.1) is 17.2 Å². The third kappa shape index (κ3) is 4.33. The highest BCUT2D eigenvalue weighted by Crippen LogP contribution is 2.30. The second-order valence-electron chi connectivity index (χ2n) is 6.03. The van der Waals surface area contributed by atoms with Crippen LogP contribution in [0.3, 0.4) is 0 Å². The van der Waals surface area contributed by atoms with Gasteiger partial charge in [-0.15, -0.1) is 0 Å². The second kappa shape index (κ2) is 9.05. The quantitative estimate of drug-likeness (QED) is 0.316. The summed E-state index contributed by atoms with van der Waals surface area (Å²) in [5.41, 5.74) is 0.182. The van der Waals surface area contributed by atoms with Crippen molar-refractivity contribution < 1.29 is 14.4 Å². The van der Waals surface area contributed by atoms with Crippen molar-refractivity contribution in [2.45, 2.75) is 0 Å². The average molecular weight is 459 g/mol. The van der Waals surface area contributed by atoms with Crippen molar-refractivity contribution in [3.8, 4) is 6.07 Å². The zero-order valence-corrected chi connectivity index (χ0v) is 17.4. The maximum atomic E-state index is 12.9. The second-order valence-corrected chi connectivity index (χ2v) is 7.20. The molecule has 2 N–H and O–H groups in total. The summed E-state index contributed by atoms with van der Waals surface area (Å²) in [5.74, 6) is -3.69. The fraction of sp³-hybridized carbons (Fsp3) is 0.0500. The molecule has 1 heterocycles. The first-order valence-corrected chi connectivity index (χ1v) is 9.61. The van der Waals surface area contributed by atoms with Crippen LogP contribution in [0.1, 0.15) is 0 Å². The normalized spacial score (nSPS) is 16.7. The number of carbonyl (C=O) groups is 3. The minimum Gasteiger partial charge on any atom is -0.320 e. The van der Waals surface area contributed by atoms with Crippen LogP contribution in [-0.2, 0) is 14.4 Å². The van der Waals surface area contributed by atoms with Gasteiger partial charge < -0.3 is 10.6 Å². The Kier molecular flexibility index (Phi) is 6.47. The summed E-state index contributed by atoms with van der Waals surface area (Å²) in [6, 6.07) is 14.7. The van der Waals surface area contributed by atoms with E-state index in [4.69, 9.17) is 35.4 Å². The van der Waals surface area contributed by atoms with E-state index in [-0.39, 0.29) is 20.8 Å². The number of hydrogen-bond acceptors (Lipinski definition) is 5. The Labute approximate surface area is 186 Å². The molecule has 3 amide bonds. The largest absolute Gasteiger partial charge is 0.320 e. The fourth-order valence-corrected chi connectivity index (χ4v) is 3.32. The molecule has 1 aliphatic heterocycles. The zero-order valence-electron chi connectivity index (χ0n) is 15.1. The van der Waals surface area contributed by atoms with E-state index in [0.717, 1.165) is 11.0 Å². The summed E-state index contributed by atoms with van der Waals surface area (Å²) in [5, 5.41) is 14.5. The molecule has 0 spiro atoms. The van der Waals surface area contributed by atoms with E-state index in [2.05, 4.69) is 10.6 Å². The number of para-hydroxylation sites is 1. The first kappa shape index (κ1) is 21.5. The number of carbonyl (C=O) groups excluding carboxylic acids is 3. The molecule has 1 atom stereocenters. The van der Waals surface area contributed by atoms with Gasteiger partial charge in [0.05, 0.1) is 21.4 Å². The van der Waals surface area contributed by atoms with Gasteiger partial charge in [0.2, 0.25) is 11.8 Å². The molecule has 1 aliphatic rings. The highest BCUT2D eigenvalue weighted by molar-refractivity contribution is 7.80. The molecule has 2 aromatic carbocycles. The van der Waals surface area contributed by atoms with Gasteiger partial charge in [-0.3, -0.25) is 19.3 Å². The highest BCUT2D eigenvalue weighted by Gasteiger charge is 2.38. The number of rotatable bonds is 4. The number of amides is 3. The number of anilines is 2. The van der Waals surface area contributed by atoms with Crippen LogP contribution in [0.2, 0.25) is 10.0 Å². The number of nitriles is 1. The van der Waals surface area contributed by atoms with Crippen molar-refractivity contribution in [2.75, 3.05) is 10.2 Å². The molecule has 30 heavy (non-hydrogen) atoms. The number of halogens is 2. The molecule has 0 aliphatic carbocycles. The van der Waals surface area contributed by atoms with Crippen LogP contribution in [0.15, 0.2) is 60.2 Å². The molecule has 10 heteroatoms. The number of hydrogen-bond donors (Lipinski definition) is 2. The van der Waals surface area contributed by atoms with Crippen LogP contribution >= 0.6 is 35.4 Å². The minimum atomic E-state index is -1.42. The lowest BCUT2D eigenvalue weighted by Crippen LogP contribution is -2.57. The Bertz CT molecular complexity index is 1130. The summed E-state index contributed by atoms with van der Waals surface area (Å²) < 4.78 is 0. The van der Waals surface area contributed by atoms with Crippen molar-refractivity contribution in [3.63, 3.8) is 0 Å². The van der Waals surface area contributed by atoms with E-state index < -0.39 is 29.2 Å². The van der Waals surface area contributed by atoms with E-state index in [1.165, 1.54) is 12.1 Å². The first-order chi connectivity index (χ1) is 14.3. The molecule has 1 saturated heterocycles. The van der Waals surface area contributed by atoms with Gasteiger partial charge in [0, 0.05) is 0 Å². The molecule has 2 aromatic rings. The average Bonchev–Trinajstić information content (AvgIpc) is 2.72. The van der Waals surface area contributed by atoms with Gasteiger partial charge in [-0.05, 0) is 42.6 Å². The standard InChI is InChI=1S/C20H12Cl2N4O3S/c21-14-7-4-8-15(16(14)22)24-17(27)11(10-23)9-13-18(28)25-20(30)26(19(13)29)12-5-2-1-3-6-12/h1-9,13H,(H,24,27)(H,25,28,30)/b11-9-/t13-/m0/s1. The van der Waals surface area contributed by atoms with Gasteiger partial charge in [-0.1, -0.05) is 47.5 Å². The van der Waals surface area contributed by atoms with E-state index in [0.29, 0.717) is 5.69 Å². The number of nitrogens with zero attached hydrogens (tertiary/aromatic N) is 2. The maximum absolute atomic E-state index is 12.9. The third-order valence-electron chi connectivity index (χ3n) is 4.11. The van der Waals surface area contributed by atoms with E-state index in [1.807, 2.05) is 0 Å². The minimum absolute atomic E-state index is 0.0884. The molecule has 0 bridgehead atoms. The predicted octanol–water partition coefficient (Wildman–Crippen LogP) is 3.45. The molecular formula is C20H12Cl2N4O3S. The molecule has 0 radical (unpaired) electrons. The topological polar surface area (TPSA) is 102 Å². The monoisotopic (exact) mass is 458 g/mol. The Hall–Kier alpha value is -3.25. The molecular weight excluding hydrogens is 447 g/mol. The van der Waals surface area contributed by atoms with Crippen molar-refractivity contribution in [3.05, 3.63) is 70.2 Å². The van der Waals surface area contributed by atoms with Crippen molar-refractivity contribution in [1.29, 1.82) is 5.26 Å². The van der Waals surface area contributed by atoms with E-state index >= 15 is 0 Å². The Morgan fingerprint density at radius 1 is 1.17 bits per heavy atom.